The van der Waals surface area contributed by atoms with E-state index in [9.17, 15) is 4.79 Å². The van der Waals surface area contributed by atoms with Crippen molar-refractivity contribution in [2.24, 2.45) is 5.73 Å². The van der Waals surface area contributed by atoms with Crippen molar-refractivity contribution >= 4 is 11.3 Å². The zero-order valence-corrected chi connectivity index (χ0v) is 7.10. The number of hydrogen-bond donors (Lipinski definition) is 1. The minimum absolute atomic E-state index is 0.0359. The highest BCUT2D eigenvalue weighted by molar-refractivity contribution is 5.97. The Morgan fingerprint density at radius 3 is 2.92 bits per heavy atom. The molecule has 0 unspecified atom stereocenters. The number of ketones is 1. The van der Waals surface area contributed by atoms with E-state index >= 15 is 0 Å². The number of nitrogens with zero attached hydrogens (tertiary/aromatic N) is 1. The first-order chi connectivity index (χ1) is 6.33. The summed E-state index contributed by atoms with van der Waals surface area (Å²) in [6.07, 6.45) is 1.86. The zero-order chi connectivity index (χ0) is 9.26. The summed E-state index contributed by atoms with van der Waals surface area (Å²) in [6, 6.07) is 9.48. The van der Waals surface area contributed by atoms with Crippen molar-refractivity contribution < 1.29 is 4.79 Å². The van der Waals surface area contributed by atoms with Gasteiger partial charge in [0.1, 0.15) is 0 Å². The molecule has 0 atom stereocenters. The highest BCUT2D eigenvalue weighted by Gasteiger charge is 2.07. The number of pyridine rings is 1. The standard InChI is InChI=1S/C10H10N2O/c11-7-10(13)9-5-4-8-3-1-2-6-12(8)9/h1-6H,7,11H2. The first kappa shape index (κ1) is 8.01. The fourth-order valence-electron chi connectivity index (χ4n) is 1.39. The van der Waals surface area contributed by atoms with Crippen molar-refractivity contribution in [1.29, 1.82) is 0 Å². The second kappa shape index (κ2) is 3.03. The van der Waals surface area contributed by atoms with Gasteiger partial charge in [0.2, 0.25) is 0 Å². The van der Waals surface area contributed by atoms with Gasteiger partial charge in [-0.3, -0.25) is 4.79 Å². The molecule has 0 amide bonds. The summed E-state index contributed by atoms with van der Waals surface area (Å²) in [6.45, 7) is 0.0566. The molecule has 3 heteroatoms. The first-order valence-corrected chi connectivity index (χ1v) is 4.12. The van der Waals surface area contributed by atoms with Crippen molar-refractivity contribution in [2.75, 3.05) is 6.54 Å². The zero-order valence-electron chi connectivity index (χ0n) is 7.10. The van der Waals surface area contributed by atoms with E-state index in [2.05, 4.69) is 0 Å². The summed E-state index contributed by atoms with van der Waals surface area (Å²) in [4.78, 5) is 11.3. The molecule has 0 saturated heterocycles. The maximum atomic E-state index is 11.3. The molecule has 2 aromatic rings. The predicted octanol–water partition coefficient (Wildman–Crippen LogP) is 1.08. The van der Waals surface area contributed by atoms with E-state index < -0.39 is 0 Å². The first-order valence-electron chi connectivity index (χ1n) is 4.12. The molecule has 0 aliphatic carbocycles. The molecule has 0 radical (unpaired) electrons. The minimum Gasteiger partial charge on any atom is -0.324 e. The molecule has 0 saturated carbocycles. The maximum Gasteiger partial charge on any atom is 0.193 e. The van der Waals surface area contributed by atoms with E-state index in [0.29, 0.717) is 5.69 Å². The van der Waals surface area contributed by atoms with Crippen LogP contribution in [-0.2, 0) is 0 Å². The van der Waals surface area contributed by atoms with E-state index in [-0.39, 0.29) is 12.3 Å². The van der Waals surface area contributed by atoms with Crippen LogP contribution in [0.1, 0.15) is 10.5 Å². The van der Waals surface area contributed by atoms with Gasteiger partial charge in [-0.1, -0.05) is 6.07 Å². The Hall–Kier alpha value is -1.61. The SMILES string of the molecule is NCC(=O)c1ccc2ccccn12. The highest BCUT2D eigenvalue weighted by atomic mass is 16.1. The molecule has 0 fully saturated rings. The second-order valence-corrected chi connectivity index (χ2v) is 2.84. The van der Waals surface area contributed by atoms with E-state index in [1.165, 1.54) is 0 Å². The molecule has 2 heterocycles. The highest BCUT2D eigenvalue weighted by Crippen LogP contribution is 2.09. The summed E-state index contributed by atoms with van der Waals surface area (Å²) in [5, 5.41) is 0. The van der Waals surface area contributed by atoms with Crippen LogP contribution in [0.3, 0.4) is 0 Å². The van der Waals surface area contributed by atoms with Crippen molar-refractivity contribution in [3.8, 4) is 0 Å². The number of fused-ring (bicyclic) bond motifs is 1. The Bertz CT molecular complexity index is 445. The molecular formula is C10H10N2O. The predicted molar refractivity (Wildman–Crippen MR) is 50.8 cm³/mol. The molecule has 0 bridgehead atoms. The summed E-state index contributed by atoms with van der Waals surface area (Å²) >= 11 is 0. The lowest BCUT2D eigenvalue weighted by Crippen LogP contribution is -2.15. The van der Waals surface area contributed by atoms with Gasteiger partial charge in [0.05, 0.1) is 12.2 Å². The fraction of sp³-hybridized carbons (Fsp3) is 0.100. The van der Waals surface area contributed by atoms with Crippen LogP contribution in [0, 0.1) is 0 Å². The number of carbonyl (C=O) groups excluding carboxylic acids is 1. The normalized spacial score (nSPS) is 10.5. The number of nitrogens with two attached hydrogens (primary N) is 1. The maximum absolute atomic E-state index is 11.3. The van der Waals surface area contributed by atoms with Crippen LogP contribution in [0.2, 0.25) is 0 Å². The van der Waals surface area contributed by atoms with Crippen LogP contribution in [0.5, 0.6) is 0 Å². The molecule has 3 nitrogen and oxygen atoms in total. The van der Waals surface area contributed by atoms with Crippen molar-refractivity contribution in [3.05, 3.63) is 42.2 Å². The monoisotopic (exact) mass is 174 g/mol. The van der Waals surface area contributed by atoms with Crippen LogP contribution in [-0.4, -0.2) is 16.7 Å². The Morgan fingerprint density at radius 2 is 2.15 bits per heavy atom. The number of aromatic nitrogens is 1. The van der Waals surface area contributed by atoms with Gasteiger partial charge < -0.3 is 10.1 Å². The van der Waals surface area contributed by atoms with E-state index in [0.717, 1.165) is 5.52 Å². The third kappa shape index (κ3) is 1.23. The van der Waals surface area contributed by atoms with Crippen LogP contribution in [0.4, 0.5) is 0 Å². The summed E-state index contributed by atoms with van der Waals surface area (Å²) in [5.41, 5.74) is 6.96. The van der Waals surface area contributed by atoms with Crippen LogP contribution in [0.25, 0.3) is 5.52 Å². The molecule has 13 heavy (non-hydrogen) atoms. The lowest BCUT2D eigenvalue weighted by Gasteiger charge is -1.98. The Balaban J connectivity index is 2.64. The van der Waals surface area contributed by atoms with E-state index in [1.54, 1.807) is 6.07 Å². The van der Waals surface area contributed by atoms with Gasteiger partial charge in [0, 0.05) is 11.7 Å². The molecule has 0 aliphatic heterocycles. The van der Waals surface area contributed by atoms with Gasteiger partial charge in [0.25, 0.3) is 0 Å². The van der Waals surface area contributed by atoms with Gasteiger partial charge in [-0.2, -0.15) is 0 Å². The van der Waals surface area contributed by atoms with E-state index in [4.69, 9.17) is 5.73 Å². The quantitative estimate of drug-likeness (QED) is 0.692. The third-order valence-corrected chi connectivity index (χ3v) is 2.03. The van der Waals surface area contributed by atoms with Gasteiger partial charge in [-0.15, -0.1) is 0 Å². The van der Waals surface area contributed by atoms with Crippen molar-refractivity contribution in [1.82, 2.24) is 4.40 Å². The summed E-state index contributed by atoms with van der Waals surface area (Å²) in [7, 11) is 0. The van der Waals surface area contributed by atoms with Crippen LogP contribution in [0.15, 0.2) is 36.5 Å². The Kier molecular flexibility index (Phi) is 1.87. The molecular weight excluding hydrogens is 164 g/mol. The van der Waals surface area contributed by atoms with Gasteiger partial charge in [-0.25, -0.2) is 0 Å². The average molecular weight is 174 g/mol. The summed E-state index contributed by atoms with van der Waals surface area (Å²) < 4.78 is 1.84. The number of Topliss-reactive ketones (excluding diaryl/α,β-unsaturated/α-hetero) is 1. The molecule has 0 spiro atoms. The van der Waals surface area contributed by atoms with Crippen molar-refractivity contribution in [3.63, 3.8) is 0 Å². The topological polar surface area (TPSA) is 47.5 Å². The number of hydrogen-bond acceptors (Lipinski definition) is 2. The molecule has 0 aromatic carbocycles. The van der Waals surface area contributed by atoms with E-state index in [1.807, 2.05) is 34.9 Å². The minimum atomic E-state index is -0.0359. The largest absolute Gasteiger partial charge is 0.324 e. The number of rotatable bonds is 2. The molecule has 2 aromatic heterocycles. The second-order valence-electron chi connectivity index (χ2n) is 2.84. The van der Waals surface area contributed by atoms with Gasteiger partial charge in [-0.05, 0) is 24.3 Å². The number of carbonyl (C=O) groups is 1. The summed E-state index contributed by atoms with van der Waals surface area (Å²) in [5.74, 6) is -0.0359. The van der Waals surface area contributed by atoms with Crippen molar-refractivity contribution in [2.45, 2.75) is 0 Å². The Morgan fingerprint density at radius 1 is 1.31 bits per heavy atom. The average Bonchev–Trinajstić information content (AvgIpc) is 2.60. The van der Waals surface area contributed by atoms with Gasteiger partial charge in [0.15, 0.2) is 5.78 Å². The van der Waals surface area contributed by atoms with Crippen LogP contribution < -0.4 is 5.73 Å². The molecule has 66 valence electrons. The lowest BCUT2D eigenvalue weighted by atomic mass is 10.3. The third-order valence-electron chi connectivity index (χ3n) is 2.03. The fourth-order valence-corrected chi connectivity index (χ4v) is 1.39. The van der Waals surface area contributed by atoms with Gasteiger partial charge >= 0.3 is 0 Å². The lowest BCUT2D eigenvalue weighted by molar-refractivity contribution is 0.0996. The van der Waals surface area contributed by atoms with Crippen LogP contribution >= 0.6 is 0 Å². The molecule has 2 rings (SSSR count). The molecule has 2 N–H and O–H groups in total. The smallest absolute Gasteiger partial charge is 0.193 e. The molecule has 0 aliphatic rings. The Labute approximate surface area is 75.8 Å².